The number of aryl methyl sites for hydroxylation is 1. The maximum Gasteiger partial charge on any atom is 0.244 e. The van der Waals surface area contributed by atoms with E-state index in [-0.39, 0.29) is 18.4 Å². The number of anilines is 1. The predicted octanol–water partition coefficient (Wildman–Crippen LogP) is 4.90. The zero-order valence-electron chi connectivity index (χ0n) is 21.4. The third-order valence-electron chi connectivity index (χ3n) is 5.74. The Hall–Kier alpha value is -2.29. The Morgan fingerprint density at radius 3 is 2.17 bits per heavy atom. The Bertz CT molecular complexity index is 1150. The lowest BCUT2D eigenvalue weighted by atomic mass is 10.1. The molecule has 2 rings (SSSR count). The average Bonchev–Trinajstić information content (AvgIpc) is 2.81. The molecule has 0 saturated heterocycles. The molecule has 36 heavy (non-hydrogen) atoms. The zero-order chi connectivity index (χ0) is 27.0. The number of nitrogens with zero attached hydrogens (tertiary/aromatic N) is 2. The van der Waals surface area contributed by atoms with Gasteiger partial charge in [-0.05, 0) is 54.2 Å². The molecule has 0 radical (unpaired) electrons. The number of carbonyl (C=O) groups is 2. The Morgan fingerprint density at radius 2 is 1.67 bits per heavy atom. The number of nitrogens with one attached hydrogen (secondary N) is 1. The van der Waals surface area contributed by atoms with Crippen molar-refractivity contribution in [2.45, 2.75) is 53.1 Å². The van der Waals surface area contributed by atoms with Gasteiger partial charge in [-0.3, -0.25) is 13.9 Å². The third kappa shape index (κ3) is 8.39. The molecule has 198 valence electrons. The van der Waals surface area contributed by atoms with Crippen LogP contribution in [0, 0.1) is 5.92 Å². The number of halogens is 2. The van der Waals surface area contributed by atoms with E-state index in [1.165, 1.54) is 4.90 Å². The molecule has 0 fully saturated rings. The fourth-order valence-electron chi connectivity index (χ4n) is 3.69. The van der Waals surface area contributed by atoms with Gasteiger partial charge in [-0.15, -0.1) is 0 Å². The highest BCUT2D eigenvalue weighted by atomic mass is 35.5. The van der Waals surface area contributed by atoms with Crippen LogP contribution in [0.4, 0.5) is 5.69 Å². The van der Waals surface area contributed by atoms with Crippen LogP contribution in [-0.2, 0) is 32.6 Å². The van der Waals surface area contributed by atoms with Gasteiger partial charge in [0.05, 0.1) is 11.9 Å². The van der Waals surface area contributed by atoms with Crippen LogP contribution in [-0.4, -0.2) is 50.5 Å². The summed E-state index contributed by atoms with van der Waals surface area (Å²) in [4.78, 5) is 28.2. The molecule has 7 nitrogen and oxygen atoms in total. The molecule has 2 amide bonds. The van der Waals surface area contributed by atoms with Crippen molar-refractivity contribution >= 4 is 50.7 Å². The fourth-order valence-corrected chi connectivity index (χ4v) is 5.00. The molecule has 0 heterocycles. The lowest BCUT2D eigenvalue weighted by Gasteiger charge is -2.33. The largest absolute Gasteiger partial charge is 0.354 e. The molecule has 0 aromatic heterocycles. The van der Waals surface area contributed by atoms with E-state index < -0.39 is 28.5 Å². The molecule has 0 bridgehead atoms. The van der Waals surface area contributed by atoms with E-state index in [1.54, 1.807) is 37.3 Å². The third-order valence-corrected chi connectivity index (χ3v) is 7.47. The summed E-state index contributed by atoms with van der Waals surface area (Å²) in [5, 5.41) is 3.69. The van der Waals surface area contributed by atoms with E-state index in [4.69, 9.17) is 23.2 Å². The minimum atomic E-state index is -3.79. The van der Waals surface area contributed by atoms with Crippen LogP contribution in [0.3, 0.4) is 0 Å². The van der Waals surface area contributed by atoms with Gasteiger partial charge in [0.2, 0.25) is 21.8 Å². The molecule has 1 N–H and O–H groups in total. The number of hydrogen-bond acceptors (Lipinski definition) is 4. The Balaban J connectivity index is 2.45. The quantitative estimate of drug-likeness (QED) is 0.403. The monoisotopic (exact) mass is 555 g/mol. The van der Waals surface area contributed by atoms with Crippen LogP contribution in [0.2, 0.25) is 10.0 Å². The number of benzene rings is 2. The van der Waals surface area contributed by atoms with E-state index in [2.05, 4.69) is 5.32 Å². The van der Waals surface area contributed by atoms with Gasteiger partial charge in [0, 0.05) is 23.1 Å². The highest BCUT2D eigenvalue weighted by molar-refractivity contribution is 7.92. The minimum Gasteiger partial charge on any atom is -0.354 e. The zero-order valence-corrected chi connectivity index (χ0v) is 23.8. The molecule has 0 aliphatic heterocycles. The topological polar surface area (TPSA) is 86.8 Å². The van der Waals surface area contributed by atoms with Crippen LogP contribution in [0.1, 0.15) is 45.2 Å². The summed E-state index contributed by atoms with van der Waals surface area (Å²) in [6.45, 7) is 7.79. The van der Waals surface area contributed by atoms with Gasteiger partial charge >= 0.3 is 0 Å². The first kappa shape index (κ1) is 29.9. The normalized spacial score (nSPS) is 12.3. The maximum atomic E-state index is 13.7. The summed E-state index contributed by atoms with van der Waals surface area (Å²) in [6, 6.07) is 11.1. The van der Waals surface area contributed by atoms with Crippen LogP contribution >= 0.6 is 23.2 Å². The molecule has 10 heteroatoms. The molecule has 0 spiro atoms. The van der Waals surface area contributed by atoms with Gasteiger partial charge in [-0.1, -0.05) is 69.1 Å². The summed E-state index contributed by atoms with van der Waals surface area (Å²) in [5.41, 5.74) is 2.03. The van der Waals surface area contributed by atoms with Crippen LogP contribution in [0.25, 0.3) is 0 Å². The highest BCUT2D eigenvalue weighted by Gasteiger charge is 2.32. The van der Waals surface area contributed by atoms with E-state index in [1.807, 2.05) is 32.9 Å². The van der Waals surface area contributed by atoms with Gasteiger partial charge in [0.25, 0.3) is 0 Å². The average molecular weight is 557 g/mol. The van der Waals surface area contributed by atoms with Crippen LogP contribution in [0.5, 0.6) is 0 Å². The summed E-state index contributed by atoms with van der Waals surface area (Å²) < 4.78 is 26.4. The van der Waals surface area contributed by atoms with Crippen molar-refractivity contribution in [3.63, 3.8) is 0 Å². The number of sulfonamides is 1. The van der Waals surface area contributed by atoms with Crippen LogP contribution < -0.4 is 9.62 Å². The van der Waals surface area contributed by atoms with E-state index in [0.717, 1.165) is 22.5 Å². The minimum absolute atomic E-state index is 0.0226. The summed E-state index contributed by atoms with van der Waals surface area (Å²) in [7, 11) is -3.79. The number of hydrogen-bond donors (Lipinski definition) is 1. The smallest absolute Gasteiger partial charge is 0.244 e. The number of carbonyl (C=O) groups excluding carboxylic acids is 2. The second-order valence-corrected chi connectivity index (χ2v) is 11.9. The Morgan fingerprint density at radius 1 is 1.03 bits per heavy atom. The van der Waals surface area contributed by atoms with Crippen LogP contribution in [0.15, 0.2) is 42.5 Å². The summed E-state index contributed by atoms with van der Waals surface area (Å²) in [5.74, 6) is -0.589. The standard InChI is InChI=1S/C26H35Cl2N3O4S/c1-6-19-8-12-22(13-9-19)31(36(5,34)35)17-25(32)30(16-20-10-11-21(27)14-23(20)28)24(7-2)26(33)29-15-18(3)4/h8-14,18,24H,6-7,15-17H2,1-5H3,(H,29,33)/t24-/m0/s1. The predicted molar refractivity (Wildman–Crippen MR) is 147 cm³/mol. The van der Waals surface area contributed by atoms with Crippen molar-refractivity contribution in [2.24, 2.45) is 5.92 Å². The molecule has 0 aliphatic carbocycles. The Kier molecular flexibility index (Phi) is 11.1. The van der Waals surface area contributed by atoms with Crippen molar-refractivity contribution < 1.29 is 18.0 Å². The molecular weight excluding hydrogens is 521 g/mol. The first-order valence-corrected chi connectivity index (χ1v) is 14.6. The van der Waals surface area contributed by atoms with Crippen molar-refractivity contribution in [2.75, 3.05) is 23.7 Å². The summed E-state index contributed by atoms with van der Waals surface area (Å²) >= 11 is 12.4. The van der Waals surface area contributed by atoms with Gasteiger partial charge in [0.15, 0.2) is 0 Å². The van der Waals surface area contributed by atoms with Gasteiger partial charge in [-0.25, -0.2) is 8.42 Å². The lowest BCUT2D eigenvalue weighted by Crippen LogP contribution is -2.52. The molecule has 1 atom stereocenters. The van der Waals surface area contributed by atoms with E-state index in [9.17, 15) is 18.0 Å². The van der Waals surface area contributed by atoms with E-state index >= 15 is 0 Å². The Labute approximate surface area is 224 Å². The number of amides is 2. The first-order chi connectivity index (χ1) is 16.9. The molecule has 2 aromatic carbocycles. The SMILES string of the molecule is CCc1ccc(N(CC(=O)N(Cc2ccc(Cl)cc2Cl)[C@@H](CC)C(=O)NCC(C)C)S(C)(=O)=O)cc1. The lowest BCUT2D eigenvalue weighted by molar-refractivity contribution is -0.140. The second-order valence-electron chi connectivity index (χ2n) is 9.11. The van der Waals surface area contributed by atoms with Crippen molar-refractivity contribution in [3.05, 3.63) is 63.6 Å². The second kappa shape index (κ2) is 13.3. The van der Waals surface area contributed by atoms with Gasteiger partial charge < -0.3 is 10.2 Å². The molecule has 0 aliphatic rings. The van der Waals surface area contributed by atoms with Crippen molar-refractivity contribution in [1.82, 2.24) is 10.2 Å². The van der Waals surface area contributed by atoms with E-state index in [0.29, 0.717) is 34.3 Å². The van der Waals surface area contributed by atoms with Gasteiger partial charge in [0.1, 0.15) is 12.6 Å². The molecular formula is C26H35Cl2N3O4S. The summed E-state index contributed by atoms with van der Waals surface area (Å²) in [6.07, 6.45) is 2.20. The van der Waals surface area contributed by atoms with Crippen molar-refractivity contribution in [1.29, 1.82) is 0 Å². The molecule has 0 unspecified atom stereocenters. The molecule has 0 saturated carbocycles. The first-order valence-electron chi connectivity index (χ1n) is 11.9. The number of rotatable bonds is 12. The highest BCUT2D eigenvalue weighted by Crippen LogP contribution is 2.25. The van der Waals surface area contributed by atoms with Crippen molar-refractivity contribution in [3.8, 4) is 0 Å². The van der Waals surface area contributed by atoms with Gasteiger partial charge in [-0.2, -0.15) is 0 Å². The fraction of sp³-hybridized carbons (Fsp3) is 0.462. The molecule has 2 aromatic rings. The maximum absolute atomic E-state index is 13.7.